The van der Waals surface area contributed by atoms with Crippen LogP contribution in [0.5, 0.6) is 0 Å². The number of oxazole rings is 1. The molecule has 3 heterocycles. The van der Waals surface area contributed by atoms with Crippen molar-refractivity contribution in [2.75, 3.05) is 5.32 Å². The van der Waals surface area contributed by atoms with Gasteiger partial charge in [-0.3, -0.25) is 9.36 Å². The molecule has 0 spiro atoms. The van der Waals surface area contributed by atoms with Crippen LogP contribution in [-0.2, 0) is 7.05 Å². The minimum absolute atomic E-state index is 0.211. The first-order valence-electron chi connectivity index (χ1n) is 7.84. The Morgan fingerprint density at radius 2 is 2.12 bits per heavy atom. The van der Waals surface area contributed by atoms with Crippen molar-refractivity contribution < 1.29 is 4.42 Å². The summed E-state index contributed by atoms with van der Waals surface area (Å²) in [6.45, 7) is 1.82. The fourth-order valence-corrected chi connectivity index (χ4v) is 2.96. The number of fused-ring (bicyclic) bond motifs is 2. The Hall–Kier alpha value is -3.13. The minimum atomic E-state index is -0.512. The van der Waals surface area contributed by atoms with Gasteiger partial charge in [0, 0.05) is 28.5 Å². The number of aromatic amines is 1. The van der Waals surface area contributed by atoms with E-state index in [0.717, 1.165) is 5.39 Å². The molecule has 0 radical (unpaired) electrons. The van der Waals surface area contributed by atoms with E-state index in [1.807, 2.05) is 6.92 Å². The molecular weight excluding hydrogens is 358 g/mol. The van der Waals surface area contributed by atoms with Crippen LogP contribution in [0.2, 0.25) is 5.02 Å². The molecule has 1 unspecified atom stereocenters. The standard InChI is InChI=1S/C17H14ClN5O3/c1-8(11-6-9-5-10(18)3-4-12(9)21-15(11)24)20-16-19-7-13-14(22-16)23(2)17(25)26-13/h3-8H,1-2H3,(H,21,24)(H,19,20,22). The van der Waals surface area contributed by atoms with Crippen molar-refractivity contribution in [1.29, 1.82) is 0 Å². The smallest absolute Gasteiger partial charge is 0.404 e. The van der Waals surface area contributed by atoms with E-state index >= 15 is 0 Å². The number of halogens is 1. The Balaban J connectivity index is 1.71. The van der Waals surface area contributed by atoms with Gasteiger partial charge in [-0.05, 0) is 31.2 Å². The number of nitrogens with one attached hydrogen (secondary N) is 2. The largest absolute Gasteiger partial charge is 0.420 e. The quantitative estimate of drug-likeness (QED) is 0.573. The Kier molecular flexibility index (Phi) is 3.77. The molecule has 0 fully saturated rings. The first-order valence-corrected chi connectivity index (χ1v) is 8.22. The highest BCUT2D eigenvalue weighted by Gasteiger charge is 2.15. The van der Waals surface area contributed by atoms with Gasteiger partial charge in [0.05, 0.1) is 12.2 Å². The normalized spacial score (nSPS) is 12.6. The number of benzene rings is 1. The van der Waals surface area contributed by atoms with Crippen LogP contribution in [0, 0.1) is 0 Å². The SMILES string of the molecule is CC(Nc1ncc2oc(=O)n(C)c2n1)c1cc2cc(Cl)ccc2[nH]c1=O. The first-order chi connectivity index (χ1) is 12.4. The Morgan fingerprint density at radius 1 is 1.31 bits per heavy atom. The summed E-state index contributed by atoms with van der Waals surface area (Å²) in [4.78, 5) is 35.2. The number of rotatable bonds is 3. The molecule has 3 aromatic heterocycles. The molecule has 0 bridgehead atoms. The lowest BCUT2D eigenvalue weighted by Gasteiger charge is -2.14. The number of H-pyrrole nitrogens is 1. The molecule has 0 aliphatic carbocycles. The number of hydrogen-bond donors (Lipinski definition) is 2. The van der Waals surface area contributed by atoms with E-state index in [9.17, 15) is 9.59 Å². The van der Waals surface area contributed by atoms with E-state index in [2.05, 4.69) is 20.3 Å². The molecule has 26 heavy (non-hydrogen) atoms. The number of anilines is 1. The van der Waals surface area contributed by atoms with Crippen LogP contribution in [0.4, 0.5) is 5.95 Å². The van der Waals surface area contributed by atoms with Crippen LogP contribution in [-0.4, -0.2) is 19.5 Å². The fourth-order valence-electron chi connectivity index (χ4n) is 2.78. The van der Waals surface area contributed by atoms with E-state index in [1.54, 1.807) is 31.3 Å². The van der Waals surface area contributed by atoms with Gasteiger partial charge in [0.25, 0.3) is 5.56 Å². The molecule has 1 aromatic carbocycles. The predicted octanol–water partition coefficient (Wildman–Crippen LogP) is 2.59. The van der Waals surface area contributed by atoms with Gasteiger partial charge >= 0.3 is 5.76 Å². The van der Waals surface area contributed by atoms with E-state index in [4.69, 9.17) is 16.0 Å². The zero-order chi connectivity index (χ0) is 18.4. The Bertz CT molecular complexity index is 1260. The van der Waals surface area contributed by atoms with Crippen molar-refractivity contribution in [1.82, 2.24) is 19.5 Å². The molecule has 1 atom stereocenters. The molecular formula is C17H14ClN5O3. The lowest BCUT2D eigenvalue weighted by molar-refractivity contribution is 0.527. The van der Waals surface area contributed by atoms with E-state index in [0.29, 0.717) is 27.3 Å². The maximum absolute atomic E-state index is 12.4. The molecule has 4 aromatic rings. The molecule has 0 saturated carbocycles. The fraction of sp³-hybridized carbons (Fsp3) is 0.176. The summed E-state index contributed by atoms with van der Waals surface area (Å²) >= 11 is 6.03. The second-order valence-electron chi connectivity index (χ2n) is 5.96. The summed E-state index contributed by atoms with van der Waals surface area (Å²) in [6.07, 6.45) is 1.42. The zero-order valence-electron chi connectivity index (χ0n) is 13.9. The van der Waals surface area contributed by atoms with Gasteiger partial charge in [-0.15, -0.1) is 0 Å². The summed E-state index contributed by atoms with van der Waals surface area (Å²) < 4.78 is 6.30. The second-order valence-corrected chi connectivity index (χ2v) is 6.40. The van der Waals surface area contributed by atoms with Crippen LogP contribution in [0.15, 0.2) is 44.5 Å². The number of nitrogens with zero attached hydrogens (tertiary/aromatic N) is 3. The molecule has 0 saturated heterocycles. The lowest BCUT2D eigenvalue weighted by Crippen LogP contribution is -2.20. The van der Waals surface area contributed by atoms with Crippen molar-refractivity contribution in [2.24, 2.45) is 7.05 Å². The maximum Gasteiger partial charge on any atom is 0.420 e. The van der Waals surface area contributed by atoms with Crippen LogP contribution < -0.4 is 16.6 Å². The van der Waals surface area contributed by atoms with Gasteiger partial charge in [-0.1, -0.05) is 11.6 Å². The van der Waals surface area contributed by atoms with Crippen molar-refractivity contribution >= 4 is 39.7 Å². The van der Waals surface area contributed by atoms with Gasteiger partial charge in [0.1, 0.15) is 0 Å². The molecule has 0 aliphatic rings. The third-order valence-electron chi connectivity index (χ3n) is 4.17. The monoisotopic (exact) mass is 371 g/mol. The van der Waals surface area contributed by atoms with Crippen molar-refractivity contribution in [2.45, 2.75) is 13.0 Å². The number of aryl methyl sites for hydroxylation is 1. The molecule has 0 amide bonds. The van der Waals surface area contributed by atoms with E-state index in [1.165, 1.54) is 10.8 Å². The van der Waals surface area contributed by atoms with E-state index in [-0.39, 0.29) is 17.5 Å². The Morgan fingerprint density at radius 3 is 2.92 bits per heavy atom. The molecule has 0 aliphatic heterocycles. The Labute approximate surface area is 151 Å². The number of pyridine rings is 1. The highest BCUT2D eigenvalue weighted by molar-refractivity contribution is 6.31. The topological polar surface area (TPSA) is 106 Å². The summed E-state index contributed by atoms with van der Waals surface area (Å²) in [5.41, 5.74) is 1.69. The van der Waals surface area contributed by atoms with Crippen LogP contribution in [0.3, 0.4) is 0 Å². The lowest BCUT2D eigenvalue weighted by atomic mass is 10.1. The van der Waals surface area contributed by atoms with Crippen LogP contribution in [0.1, 0.15) is 18.5 Å². The highest BCUT2D eigenvalue weighted by Crippen LogP contribution is 2.21. The minimum Gasteiger partial charge on any atom is -0.404 e. The van der Waals surface area contributed by atoms with Crippen molar-refractivity contribution in [3.8, 4) is 0 Å². The van der Waals surface area contributed by atoms with Gasteiger partial charge < -0.3 is 14.7 Å². The number of aromatic nitrogens is 4. The third kappa shape index (κ3) is 2.74. The predicted molar refractivity (Wildman–Crippen MR) is 98.7 cm³/mol. The zero-order valence-corrected chi connectivity index (χ0v) is 14.7. The summed E-state index contributed by atoms with van der Waals surface area (Å²) in [7, 11) is 1.56. The van der Waals surface area contributed by atoms with Gasteiger partial charge in [-0.2, -0.15) is 4.98 Å². The molecule has 8 nitrogen and oxygen atoms in total. The second kappa shape index (κ2) is 5.99. The van der Waals surface area contributed by atoms with Gasteiger partial charge in [0.2, 0.25) is 5.95 Å². The summed E-state index contributed by atoms with van der Waals surface area (Å²) in [6, 6.07) is 6.68. The average Bonchev–Trinajstić information content (AvgIpc) is 2.89. The molecule has 4 rings (SSSR count). The van der Waals surface area contributed by atoms with Gasteiger partial charge in [0.15, 0.2) is 11.2 Å². The van der Waals surface area contributed by atoms with Crippen molar-refractivity contribution in [3.63, 3.8) is 0 Å². The molecule has 2 N–H and O–H groups in total. The summed E-state index contributed by atoms with van der Waals surface area (Å²) in [5, 5.41) is 4.49. The van der Waals surface area contributed by atoms with Gasteiger partial charge in [-0.25, -0.2) is 9.78 Å². The first kappa shape index (κ1) is 16.3. The molecule has 132 valence electrons. The highest BCUT2D eigenvalue weighted by atomic mass is 35.5. The molecule has 9 heteroatoms. The van der Waals surface area contributed by atoms with Crippen LogP contribution >= 0.6 is 11.6 Å². The number of hydrogen-bond acceptors (Lipinski definition) is 6. The average molecular weight is 372 g/mol. The van der Waals surface area contributed by atoms with E-state index < -0.39 is 5.76 Å². The van der Waals surface area contributed by atoms with Crippen molar-refractivity contribution in [3.05, 3.63) is 62.0 Å². The summed E-state index contributed by atoms with van der Waals surface area (Å²) in [5.74, 6) is -0.227. The van der Waals surface area contributed by atoms with Crippen LogP contribution in [0.25, 0.3) is 22.1 Å². The third-order valence-corrected chi connectivity index (χ3v) is 4.41. The maximum atomic E-state index is 12.4.